The van der Waals surface area contributed by atoms with Gasteiger partial charge in [0, 0.05) is 19.0 Å². The highest BCUT2D eigenvalue weighted by molar-refractivity contribution is 7.89. The van der Waals surface area contributed by atoms with E-state index in [1.54, 1.807) is 25.1 Å². The molecule has 1 aliphatic heterocycles. The van der Waals surface area contributed by atoms with Crippen LogP contribution in [0.5, 0.6) is 5.75 Å². The third-order valence-corrected chi connectivity index (χ3v) is 6.60. The molecule has 2 aromatic rings. The number of rotatable bonds is 4. The first-order valence-corrected chi connectivity index (χ1v) is 10.3. The van der Waals surface area contributed by atoms with Crippen LogP contribution in [0.15, 0.2) is 65.1 Å². The van der Waals surface area contributed by atoms with E-state index >= 15 is 0 Å². The van der Waals surface area contributed by atoms with E-state index in [0.29, 0.717) is 17.7 Å². The summed E-state index contributed by atoms with van der Waals surface area (Å²) in [4.78, 5) is 12.9. The average Bonchev–Trinajstić information content (AvgIpc) is 2.83. The maximum atomic E-state index is 13.2. The van der Waals surface area contributed by atoms with Gasteiger partial charge in [-0.1, -0.05) is 49.4 Å². The van der Waals surface area contributed by atoms with E-state index in [1.165, 1.54) is 17.5 Å². The SMILES string of the molecule is COc1ccccc1S(=O)(=O)N1CC/C(=C\c2ccccc2)C(=O)[C@H](C)C1. The second-order valence-corrected chi connectivity index (χ2v) is 8.52. The van der Waals surface area contributed by atoms with Crippen LogP contribution in [0.25, 0.3) is 6.08 Å². The van der Waals surface area contributed by atoms with Crippen molar-refractivity contribution >= 4 is 21.9 Å². The molecule has 0 saturated carbocycles. The van der Waals surface area contributed by atoms with Crippen LogP contribution in [-0.2, 0) is 14.8 Å². The van der Waals surface area contributed by atoms with Crippen molar-refractivity contribution in [1.82, 2.24) is 4.31 Å². The fourth-order valence-electron chi connectivity index (χ4n) is 3.25. The zero-order chi connectivity index (χ0) is 19.4. The quantitative estimate of drug-likeness (QED) is 0.757. The van der Waals surface area contributed by atoms with Crippen molar-refractivity contribution in [3.8, 4) is 5.75 Å². The summed E-state index contributed by atoms with van der Waals surface area (Å²) in [5, 5.41) is 0. The van der Waals surface area contributed by atoms with Gasteiger partial charge in [0.25, 0.3) is 0 Å². The maximum Gasteiger partial charge on any atom is 0.246 e. The first-order chi connectivity index (χ1) is 12.9. The van der Waals surface area contributed by atoms with Crippen LogP contribution < -0.4 is 4.74 Å². The van der Waals surface area contributed by atoms with Crippen LogP contribution in [0.2, 0.25) is 0 Å². The molecule has 1 atom stereocenters. The van der Waals surface area contributed by atoms with Crippen molar-refractivity contribution < 1.29 is 17.9 Å². The molecule has 2 aromatic carbocycles. The molecular weight excluding hydrogens is 362 g/mol. The van der Waals surface area contributed by atoms with Gasteiger partial charge in [0.2, 0.25) is 10.0 Å². The Balaban J connectivity index is 1.92. The minimum atomic E-state index is -3.75. The lowest BCUT2D eigenvalue weighted by Crippen LogP contribution is -2.35. The van der Waals surface area contributed by atoms with Crippen LogP contribution in [-0.4, -0.2) is 38.7 Å². The molecule has 27 heavy (non-hydrogen) atoms. The van der Waals surface area contributed by atoms with Crippen molar-refractivity contribution in [2.75, 3.05) is 20.2 Å². The molecule has 0 aliphatic carbocycles. The Hall–Kier alpha value is -2.44. The number of carbonyl (C=O) groups excluding carboxylic acids is 1. The zero-order valence-electron chi connectivity index (χ0n) is 15.5. The van der Waals surface area contributed by atoms with Gasteiger partial charge in [0.05, 0.1) is 7.11 Å². The molecule has 0 bridgehead atoms. The van der Waals surface area contributed by atoms with E-state index in [9.17, 15) is 13.2 Å². The number of nitrogens with zero attached hydrogens (tertiary/aromatic N) is 1. The lowest BCUT2D eigenvalue weighted by Gasteiger charge is -2.22. The zero-order valence-corrected chi connectivity index (χ0v) is 16.3. The lowest BCUT2D eigenvalue weighted by molar-refractivity contribution is -0.118. The van der Waals surface area contributed by atoms with E-state index in [1.807, 2.05) is 36.4 Å². The van der Waals surface area contributed by atoms with Crippen molar-refractivity contribution in [3.63, 3.8) is 0 Å². The molecule has 6 heteroatoms. The molecule has 3 rings (SSSR count). The second-order valence-electron chi connectivity index (χ2n) is 6.61. The van der Waals surface area contributed by atoms with Gasteiger partial charge in [-0.15, -0.1) is 0 Å². The Morgan fingerprint density at radius 1 is 1.07 bits per heavy atom. The van der Waals surface area contributed by atoms with Crippen molar-refractivity contribution in [2.24, 2.45) is 5.92 Å². The van der Waals surface area contributed by atoms with Gasteiger partial charge in [-0.05, 0) is 35.8 Å². The number of para-hydroxylation sites is 1. The van der Waals surface area contributed by atoms with Gasteiger partial charge >= 0.3 is 0 Å². The van der Waals surface area contributed by atoms with Crippen LogP contribution in [0.1, 0.15) is 18.9 Å². The van der Waals surface area contributed by atoms with Crippen LogP contribution in [0.4, 0.5) is 0 Å². The second kappa shape index (κ2) is 8.06. The molecule has 5 nitrogen and oxygen atoms in total. The predicted octanol–water partition coefficient (Wildman–Crippen LogP) is 3.38. The molecule has 0 N–H and O–H groups in total. The van der Waals surface area contributed by atoms with E-state index in [0.717, 1.165) is 5.56 Å². The molecule has 1 heterocycles. The van der Waals surface area contributed by atoms with Crippen LogP contribution >= 0.6 is 0 Å². The standard InChI is InChI=1S/C21H23NO4S/c1-16-15-22(27(24,25)20-11-7-6-10-19(20)26-2)13-12-18(21(16)23)14-17-8-4-3-5-9-17/h3-11,14,16H,12-13,15H2,1-2H3/b18-14+/t16-/m1/s1. The summed E-state index contributed by atoms with van der Waals surface area (Å²) in [6, 6.07) is 16.2. The number of Topliss-reactive ketones (excluding diaryl/α,β-unsaturated/α-hetero) is 1. The van der Waals surface area contributed by atoms with Gasteiger partial charge in [0.15, 0.2) is 5.78 Å². The smallest absolute Gasteiger partial charge is 0.246 e. The molecule has 1 fully saturated rings. The molecule has 0 radical (unpaired) electrons. The topological polar surface area (TPSA) is 63.7 Å². The summed E-state index contributed by atoms with van der Waals surface area (Å²) in [5.74, 6) is -0.107. The number of ether oxygens (including phenoxy) is 1. The van der Waals surface area contributed by atoms with E-state index < -0.39 is 15.9 Å². The minimum absolute atomic E-state index is 0.00317. The summed E-state index contributed by atoms with van der Waals surface area (Å²) in [6.07, 6.45) is 2.24. The number of sulfonamides is 1. The summed E-state index contributed by atoms with van der Waals surface area (Å²) in [7, 11) is -2.30. The predicted molar refractivity (Wildman–Crippen MR) is 105 cm³/mol. The number of carbonyl (C=O) groups is 1. The number of methoxy groups -OCH3 is 1. The maximum absolute atomic E-state index is 13.2. The van der Waals surface area contributed by atoms with Crippen molar-refractivity contribution in [1.29, 1.82) is 0 Å². The summed E-state index contributed by atoms with van der Waals surface area (Å²) >= 11 is 0. The highest BCUT2D eigenvalue weighted by atomic mass is 32.2. The molecule has 0 unspecified atom stereocenters. The van der Waals surface area contributed by atoms with Gasteiger partial charge in [0.1, 0.15) is 10.6 Å². The van der Waals surface area contributed by atoms with E-state index in [2.05, 4.69) is 0 Å². The molecule has 1 saturated heterocycles. The highest BCUT2D eigenvalue weighted by Gasteiger charge is 2.33. The molecule has 142 valence electrons. The van der Waals surface area contributed by atoms with Crippen molar-refractivity contribution in [3.05, 3.63) is 65.7 Å². The Kier molecular flexibility index (Phi) is 5.77. The third-order valence-electron chi connectivity index (χ3n) is 4.70. The average molecular weight is 385 g/mol. The highest BCUT2D eigenvalue weighted by Crippen LogP contribution is 2.29. The fourth-order valence-corrected chi connectivity index (χ4v) is 4.93. The summed E-state index contributed by atoms with van der Waals surface area (Å²) in [5.41, 5.74) is 1.60. The summed E-state index contributed by atoms with van der Waals surface area (Å²) < 4.78 is 32.9. The number of hydrogen-bond acceptors (Lipinski definition) is 4. The molecular formula is C21H23NO4S. The van der Waals surface area contributed by atoms with Gasteiger partial charge in [-0.25, -0.2) is 8.42 Å². The fraction of sp³-hybridized carbons (Fsp3) is 0.286. The van der Waals surface area contributed by atoms with Gasteiger partial charge < -0.3 is 4.74 Å². The monoisotopic (exact) mass is 385 g/mol. The minimum Gasteiger partial charge on any atom is -0.495 e. The van der Waals surface area contributed by atoms with E-state index in [-0.39, 0.29) is 23.8 Å². The Labute approximate surface area is 160 Å². The molecule has 0 amide bonds. The molecule has 0 aromatic heterocycles. The first-order valence-electron chi connectivity index (χ1n) is 8.86. The number of hydrogen-bond donors (Lipinski definition) is 0. The molecule has 0 spiro atoms. The van der Waals surface area contributed by atoms with E-state index in [4.69, 9.17) is 4.74 Å². The normalized spacial score (nSPS) is 20.4. The number of benzene rings is 2. The summed E-state index contributed by atoms with van der Waals surface area (Å²) in [6.45, 7) is 2.19. The van der Waals surface area contributed by atoms with Crippen molar-refractivity contribution in [2.45, 2.75) is 18.2 Å². The van der Waals surface area contributed by atoms with Gasteiger partial charge in [-0.2, -0.15) is 4.31 Å². The first kappa shape index (κ1) is 19.3. The Morgan fingerprint density at radius 3 is 2.44 bits per heavy atom. The molecule has 1 aliphatic rings. The van der Waals surface area contributed by atoms with Crippen LogP contribution in [0.3, 0.4) is 0 Å². The largest absolute Gasteiger partial charge is 0.495 e. The van der Waals surface area contributed by atoms with Gasteiger partial charge in [-0.3, -0.25) is 4.79 Å². The third kappa shape index (κ3) is 4.12. The Morgan fingerprint density at radius 2 is 1.74 bits per heavy atom. The Bertz CT molecular complexity index is 951. The van der Waals surface area contributed by atoms with Crippen LogP contribution in [0, 0.1) is 5.92 Å². The number of ketones is 1. The lowest BCUT2D eigenvalue weighted by atomic mass is 9.97.